The topological polar surface area (TPSA) is 46.2 Å². The van der Waals surface area contributed by atoms with Crippen molar-refractivity contribution in [3.8, 4) is 0 Å². The number of hydrogen-bond donors (Lipinski definition) is 2. The third-order valence-corrected chi connectivity index (χ3v) is 3.59. The van der Waals surface area contributed by atoms with E-state index >= 15 is 0 Å². The molecule has 58 valence electrons. The van der Waals surface area contributed by atoms with Crippen LogP contribution in [0.4, 0.5) is 0 Å². The summed E-state index contributed by atoms with van der Waals surface area (Å²) in [7, 11) is 0. The number of aliphatic hydroxyl groups is 1. The summed E-state index contributed by atoms with van der Waals surface area (Å²) in [6.45, 7) is 0.355. The van der Waals surface area contributed by atoms with Crippen molar-refractivity contribution in [1.82, 2.24) is 0 Å². The molecular weight excluding hydrogens is 126 g/mol. The monoisotopic (exact) mass is 141 g/mol. The molecule has 0 radical (unpaired) electrons. The smallest absolute Gasteiger partial charge is 0.0465 e. The molecule has 0 amide bonds. The van der Waals surface area contributed by atoms with Gasteiger partial charge in [0, 0.05) is 12.6 Å². The largest absolute Gasteiger partial charge is 0.396 e. The SMILES string of the molecule is NC1CC(CO)C12CCC2. The fourth-order valence-corrected chi connectivity index (χ4v) is 2.54. The molecule has 10 heavy (non-hydrogen) atoms. The van der Waals surface area contributed by atoms with Crippen molar-refractivity contribution in [2.24, 2.45) is 17.1 Å². The highest BCUT2D eigenvalue weighted by molar-refractivity contribution is 5.08. The lowest BCUT2D eigenvalue weighted by Gasteiger charge is -2.60. The number of nitrogens with two attached hydrogens (primary N) is 1. The molecule has 2 heteroatoms. The van der Waals surface area contributed by atoms with E-state index in [0.29, 0.717) is 24.0 Å². The van der Waals surface area contributed by atoms with Crippen LogP contribution >= 0.6 is 0 Å². The van der Waals surface area contributed by atoms with Crippen molar-refractivity contribution in [2.75, 3.05) is 6.61 Å². The molecule has 0 saturated heterocycles. The minimum absolute atomic E-state index is 0.355. The second kappa shape index (κ2) is 1.95. The average molecular weight is 141 g/mol. The molecule has 0 aromatic carbocycles. The minimum atomic E-state index is 0.355. The van der Waals surface area contributed by atoms with Gasteiger partial charge in [-0.05, 0) is 30.6 Å². The summed E-state index contributed by atoms with van der Waals surface area (Å²) in [6, 6.07) is 0.401. The Bertz CT molecular complexity index is 142. The van der Waals surface area contributed by atoms with Crippen LogP contribution in [0.2, 0.25) is 0 Å². The lowest BCUT2D eigenvalue weighted by atomic mass is 9.47. The van der Waals surface area contributed by atoms with E-state index in [9.17, 15) is 0 Å². The first kappa shape index (κ1) is 6.62. The maximum Gasteiger partial charge on any atom is 0.0465 e. The van der Waals surface area contributed by atoms with Crippen LogP contribution in [0.3, 0.4) is 0 Å². The lowest BCUT2D eigenvalue weighted by molar-refractivity contribution is -0.0952. The van der Waals surface area contributed by atoms with Crippen LogP contribution in [0.1, 0.15) is 25.7 Å². The summed E-state index contributed by atoms with van der Waals surface area (Å²) in [4.78, 5) is 0. The minimum Gasteiger partial charge on any atom is -0.396 e. The van der Waals surface area contributed by atoms with Crippen LogP contribution in [-0.4, -0.2) is 17.8 Å². The van der Waals surface area contributed by atoms with Gasteiger partial charge in [0.05, 0.1) is 0 Å². The van der Waals surface area contributed by atoms with E-state index in [1.165, 1.54) is 19.3 Å². The Labute approximate surface area is 61.4 Å². The Balaban J connectivity index is 2.03. The van der Waals surface area contributed by atoms with E-state index in [4.69, 9.17) is 10.8 Å². The number of rotatable bonds is 1. The summed E-state index contributed by atoms with van der Waals surface area (Å²) in [5.41, 5.74) is 6.27. The molecule has 2 atom stereocenters. The van der Waals surface area contributed by atoms with Gasteiger partial charge in [0.2, 0.25) is 0 Å². The second-order valence-electron chi connectivity index (χ2n) is 3.81. The molecule has 0 aromatic heterocycles. The van der Waals surface area contributed by atoms with Gasteiger partial charge in [-0.1, -0.05) is 6.42 Å². The Morgan fingerprint density at radius 1 is 1.50 bits per heavy atom. The van der Waals surface area contributed by atoms with Gasteiger partial charge in [-0.25, -0.2) is 0 Å². The summed E-state index contributed by atoms with van der Waals surface area (Å²) in [5.74, 6) is 0.538. The molecule has 2 unspecified atom stereocenters. The van der Waals surface area contributed by atoms with E-state index in [0.717, 1.165) is 6.42 Å². The average Bonchev–Trinajstić information content (AvgIpc) is 1.78. The molecule has 2 nitrogen and oxygen atoms in total. The first-order chi connectivity index (χ1) is 4.79. The predicted octanol–water partition coefficient (Wildman–Crippen LogP) is 0.496. The zero-order chi connectivity index (χ0) is 7.19. The van der Waals surface area contributed by atoms with Gasteiger partial charge in [0.25, 0.3) is 0 Å². The molecule has 0 aromatic rings. The molecular formula is C8H15NO. The van der Waals surface area contributed by atoms with Crippen LogP contribution in [0.25, 0.3) is 0 Å². The summed E-state index contributed by atoms with van der Waals surface area (Å²) in [5, 5.41) is 8.95. The number of hydrogen-bond acceptors (Lipinski definition) is 2. The van der Waals surface area contributed by atoms with Crippen molar-refractivity contribution >= 4 is 0 Å². The first-order valence-electron chi connectivity index (χ1n) is 4.16. The van der Waals surface area contributed by atoms with Crippen molar-refractivity contribution in [1.29, 1.82) is 0 Å². The van der Waals surface area contributed by atoms with Gasteiger partial charge < -0.3 is 10.8 Å². The summed E-state index contributed by atoms with van der Waals surface area (Å²) >= 11 is 0. The van der Waals surface area contributed by atoms with Gasteiger partial charge in [-0.15, -0.1) is 0 Å². The molecule has 0 heterocycles. The van der Waals surface area contributed by atoms with Gasteiger partial charge in [0.1, 0.15) is 0 Å². The zero-order valence-electron chi connectivity index (χ0n) is 6.21. The second-order valence-corrected chi connectivity index (χ2v) is 3.81. The maximum absolute atomic E-state index is 8.95. The van der Waals surface area contributed by atoms with Crippen molar-refractivity contribution in [3.05, 3.63) is 0 Å². The van der Waals surface area contributed by atoms with Gasteiger partial charge in [-0.3, -0.25) is 0 Å². The molecule has 0 aliphatic heterocycles. The van der Waals surface area contributed by atoms with Crippen LogP contribution < -0.4 is 5.73 Å². The van der Waals surface area contributed by atoms with E-state index in [1.807, 2.05) is 0 Å². The standard InChI is InChI=1S/C8H15NO/c9-7-4-6(5-10)8(7)2-1-3-8/h6-7,10H,1-5,9H2. The fourth-order valence-electron chi connectivity index (χ4n) is 2.54. The van der Waals surface area contributed by atoms with Crippen LogP contribution in [-0.2, 0) is 0 Å². The van der Waals surface area contributed by atoms with Crippen molar-refractivity contribution < 1.29 is 5.11 Å². The molecule has 2 saturated carbocycles. The predicted molar refractivity (Wildman–Crippen MR) is 39.5 cm³/mol. The Kier molecular flexibility index (Phi) is 1.29. The highest BCUT2D eigenvalue weighted by atomic mass is 16.3. The molecule has 2 aliphatic carbocycles. The van der Waals surface area contributed by atoms with E-state index < -0.39 is 0 Å². The molecule has 2 rings (SSSR count). The summed E-state index contributed by atoms with van der Waals surface area (Å²) < 4.78 is 0. The fraction of sp³-hybridized carbons (Fsp3) is 1.00. The maximum atomic E-state index is 8.95. The first-order valence-corrected chi connectivity index (χ1v) is 4.16. The number of aliphatic hydroxyl groups excluding tert-OH is 1. The van der Waals surface area contributed by atoms with Gasteiger partial charge in [-0.2, -0.15) is 0 Å². The van der Waals surface area contributed by atoms with E-state index in [2.05, 4.69) is 0 Å². The van der Waals surface area contributed by atoms with Crippen molar-refractivity contribution in [3.63, 3.8) is 0 Å². The molecule has 2 aliphatic rings. The lowest BCUT2D eigenvalue weighted by Crippen LogP contribution is -2.62. The highest BCUT2D eigenvalue weighted by Gasteiger charge is 2.55. The van der Waals surface area contributed by atoms with Crippen LogP contribution in [0.5, 0.6) is 0 Å². The molecule has 2 fully saturated rings. The normalized spacial score (nSPS) is 42.6. The Hall–Kier alpha value is -0.0800. The van der Waals surface area contributed by atoms with Gasteiger partial charge >= 0.3 is 0 Å². The molecule has 1 spiro atoms. The van der Waals surface area contributed by atoms with Gasteiger partial charge in [0.15, 0.2) is 0 Å². The Morgan fingerprint density at radius 3 is 2.40 bits per heavy atom. The van der Waals surface area contributed by atoms with Crippen molar-refractivity contribution in [2.45, 2.75) is 31.7 Å². The third kappa shape index (κ3) is 0.565. The highest BCUT2D eigenvalue weighted by Crippen LogP contribution is 2.58. The summed E-state index contributed by atoms with van der Waals surface area (Å²) in [6.07, 6.45) is 4.90. The Morgan fingerprint density at radius 2 is 2.20 bits per heavy atom. The quantitative estimate of drug-likeness (QED) is 0.558. The molecule has 0 bridgehead atoms. The molecule has 3 N–H and O–H groups in total. The zero-order valence-corrected chi connectivity index (χ0v) is 6.21. The van der Waals surface area contributed by atoms with E-state index in [1.54, 1.807) is 0 Å². The van der Waals surface area contributed by atoms with E-state index in [-0.39, 0.29) is 0 Å². The van der Waals surface area contributed by atoms with Crippen LogP contribution in [0.15, 0.2) is 0 Å². The third-order valence-electron chi connectivity index (χ3n) is 3.59. The van der Waals surface area contributed by atoms with Crippen LogP contribution in [0, 0.1) is 11.3 Å².